The fourth-order valence-corrected chi connectivity index (χ4v) is 5.50. The molecule has 3 aromatic heterocycles. The van der Waals surface area contributed by atoms with Gasteiger partial charge in [0.2, 0.25) is 11.7 Å². The predicted octanol–water partition coefficient (Wildman–Crippen LogP) is 3.95. The highest BCUT2D eigenvalue weighted by molar-refractivity contribution is 5.88. The van der Waals surface area contributed by atoms with Crippen molar-refractivity contribution in [3.05, 3.63) is 66.1 Å². The first kappa shape index (κ1) is 24.0. The number of allylic oxidation sites excluding steroid dienone is 1. The minimum Gasteiger partial charge on any atom is -0.333 e. The smallest absolute Gasteiger partial charge is 0.226 e. The number of fused-ring (bicyclic) bond motifs is 2. The SMILES string of the molecule is C=C(C)c1cccc2c1nnn2-c1ccnc(C#CC2CCC(C(=O)N3CCn4c(C)cnc4C3)CC2)n1. The molecular weight excluding hydrogens is 476 g/mol. The topological polar surface area (TPSA) is 94.6 Å². The van der Waals surface area contributed by atoms with E-state index >= 15 is 0 Å². The number of amides is 1. The molecule has 4 heterocycles. The van der Waals surface area contributed by atoms with Crippen LogP contribution in [0.1, 0.15) is 55.5 Å². The molecule has 192 valence electrons. The maximum absolute atomic E-state index is 13.2. The van der Waals surface area contributed by atoms with Crippen LogP contribution in [0.25, 0.3) is 22.4 Å². The lowest BCUT2D eigenvalue weighted by atomic mass is 9.81. The van der Waals surface area contributed by atoms with Gasteiger partial charge in [-0.15, -0.1) is 5.10 Å². The first-order valence-electron chi connectivity index (χ1n) is 13.1. The second-order valence-electron chi connectivity index (χ2n) is 10.2. The van der Waals surface area contributed by atoms with Gasteiger partial charge in [-0.05, 0) is 57.1 Å². The van der Waals surface area contributed by atoms with Gasteiger partial charge in [0.15, 0.2) is 5.82 Å². The Hall–Kier alpha value is -4.32. The summed E-state index contributed by atoms with van der Waals surface area (Å²) in [5.74, 6) is 9.15. The summed E-state index contributed by atoms with van der Waals surface area (Å²) in [6.07, 6.45) is 7.12. The average molecular weight is 507 g/mol. The molecule has 1 fully saturated rings. The maximum atomic E-state index is 13.2. The van der Waals surface area contributed by atoms with Gasteiger partial charge >= 0.3 is 0 Å². The van der Waals surface area contributed by atoms with Gasteiger partial charge in [0.1, 0.15) is 11.3 Å². The molecule has 9 nitrogen and oxygen atoms in total. The summed E-state index contributed by atoms with van der Waals surface area (Å²) in [6, 6.07) is 7.73. The summed E-state index contributed by atoms with van der Waals surface area (Å²) in [5, 5.41) is 8.68. The van der Waals surface area contributed by atoms with Crippen LogP contribution in [-0.2, 0) is 17.9 Å². The van der Waals surface area contributed by atoms with Crippen LogP contribution in [0.5, 0.6) is 0 Å². The van der Waals surface area contributed by atoms with E-state index in [1.165, 1.54) is 0 Å². The molecule has 1 amide bonds. The number of carbonyl (C=O) groups excluding carboxylic acids is 1. The zero-order chi connectivity index (χ0) is 26.2. The third kappa shape index (κ3) is 4.47. The molecule has 4 aromatic rings. The molecule has 0 bridgehead atoms. The Labute approximate surface area is 221 Å². The van der Waals surface area contributed by atoms with Gasteiger partial charge in [0.05, 0.1) is 12.1 Å². The lowest BCUT2D eigenvalue weighted by Crippen LogP contribution is -2.42. The monoisotopic (exact) mass is 506 g/mol. The van der Waals surface area contributed by atoms with Crippen LogP contribution in [0.3, 0.4) is 0 Å². The Morgan fingerprint density at radius 3 is 2.76 bits per heavy atom. The first-order chi connectivity index (χ1) is 18.5. The van der Waals surface area contributed by atoms with Crippen molar-refractivity contribution >= 4 is 22.5 Å². The molecule has 0 saturated heterocycles. The predicted molar refractivity (Wildman–Crippen MR) is 144 cm³/mol. The van der Waals surface area contributed by atoms with E-state index in [4.69, 9.17) is 0 Å². The van der Waals surface area contributed by atoms with Crippen LogP contribution >= 0.6 is 0 Å². The van der Waals surface area contributed by atoms with Crippen LogP contribution < -0.4 is 0 Å². The van der Waals surface area contributed by atoms with E-state index in [9.17, 15) is 4.79 Å². The summed E-state index contributed by atoms with van der Waals surface area (Å²) < 4.78 is 3.91. The number of hydrogen-bond donors (Lipinski definition) is 0. The van der Waals surface area contributed by atoms with Crippen molar-refractivity contribution in [1.29, 1.82) is 0 Å². The molecule has 1 saturated carbocycles. The van der Waals surface area contributed by atoms with E-state index in [1.54, 1.807) is 16.9 Å². The molecule has 2 aliphatic rings. The molecule has 0 radical (unpaired) electrons. The van der Waals surface area contributed by atoms with Crippen molar-refractivity contribution in [2.45, 2.75) is 52.6 Å². The fraction of sp³-hybridized carbons (Fsp3) is 0.379. The second-order valence-corrected chi connectivity index (χ2v) is 10.2. The van der Waals surface area contributed by atoms with E-state index in [-0.39, 0.29) is 17.7 Å². The molecule has 6 rings (SSSR count). The van der Waals surface area contributed by atoms with Crippen molar-refractivity contribution in [3.8, 4) is 17.7 Å². The van der Waals surface area contributed by atoms with Gasteiger partial charge < -0.3 is 9.47 Å². The molecule has 0 N–H and O–H groups in total. The normalized spacial score (nSPS) is 19.1. The number of nitrogens with zero attached hydrogens (tertiary/aromatic N) is 8. The van der Waals surface area contributed by atoms with Gasteiger partial charge in [0.25, 0.3) is 0 Å². The number of aromatic nitrogens is 7. The number of imidazole rings is 1. The van der Waals surface area contributed by atoms with Crippen molar-refractivity contribution < 1.29 is 4.79 Å². The van der Waals surface area contributed by atoms with Crippen molar-refractivity contribution in [1.82, 2.24) is 39.4 Å². The summed E-state index contributed by atoms with van der Waals surface area (Å²) in [7, 11) is 0. The molecule has 1 aromatic carbocycles. The first-order valence-corrected chi connectivity index (χ1v) is 13.1. The van der Waals surface area contributed by atoms with Gasteiger partial charge in [-0.25, -0.2) is 15.0 Å². The van der Waals surface area contributed by atoms with E-state index in [1.807, 2.05) is 36.2 Å². The molecule has 0 unspecified atom stereocenters. The van der Waals surface area contributed by atoms with Crippen molar-refractivity contribution in [3.63, 3.8) is 0 Å². The van der Waals surface area contributed by atoms with Gasteiger partial charge in [0, 0.05) is 54.6 Å². The Morgan fingerprint density at radius 2 is 1.95 bits per heavy atom. The number of carbonyl (C=O) groups is 1. The van der Waals surface area contributed by atoms with E-state index in [2.05, 4.69) is 55.2 Å². The number of hydrogen-bond acceptors (Lipinski definition) is 6. The minimum atomic E-state index is 0.0694. The van der Waals surface area contributed by atoms with E-state index in [0.717, 1.165) is 72.5 Å². The molecule has 9 heteroatoms. The summed E-state index contributed by atoms with van der Waals surface area (Å²) in [4.78, 5) is 28.6. The molecular formula is C29H30N8O. The van der Waals surface area contributed by atoms with Crippen molar-refractivity contribution in [2.24, 2.45) is 11.8 Å². The van der Waals surface area contributed by atoms with Gasteiger partial charge in [-0.1, -0.05) is 29.8 Å². The third-order valence-corrected chi connectivity index (χ3v) is 7.63. The van der Waals surface area contributed by atoms with Crippen LogP contribution in [0.4, 0.5) is 0 Å². The van der Waals surface area contributed by atoms with Gasteiger partial charge in [-0.3, -0.25) is 4.79 Å². The molecule has 1 aliphatic carbocycles. The third-order valence-electron chi connectivity index (χ3n) is 7.63. The average Bonchev–Trinajstić information content (AvgIpc) is 3.55. The summed E-state index contributed by atoms with van der Waals surface area (Å²) >= 11 is 0. The summed E-state index contributed by atoms with van der Waals surface area (Å²) in [5.41, 5.74) is 4.72. The Morgan fingerprint density at radius 1 is 1.11 bits per heavy atom. The minimum absolute atomic E-state index is 0.0694. The van der Waals surface area contributed by atoms with Crippen LogP contribution in [0.15, 0.2) is 43.2 Å². The maximum Gasteiger partial charge on any atom is 0.226 e. The highest BCUT2D eigenvalue weighted by Crippen LogP contribution is 2.31. The van der Waals surface area contributed by atoms with Crippen LogP contribution in [0.2, 0.25) is 0 Å². The lowest BCUT2D eigenvalue weighted by Gasteiger charge is -2.33. The molecule has 1 aliphatic heterocycles. The number of rotatable bonds is 3. The second kappa shape index (κ2) is 9.86. The number of benzene rings is 1. The largest absolute Gasteiger partial charge is 0.333 e. The zero-order valence-electron chi connectivity index (χ0n) is 21.8. The highest BCUT2D eigenvalue weighted by atomic mass is 16.2. The lowest BCUT2D eigenvalue weighted by molar-refractivity contribution is -0.138. The Balaban J connectivity index is 1.11. The fourth-order valence-electron chi connectivity index (χ4n) is 5.50. The van der Waals surface area contributed by atoms with Crippen LogP contribution in [-0.4, -0.2) is 51.9 Å². The highest BCUT2D eigenvalue weighted by Gasteiger charge is 2.31. The van der Waals surface area contributed by atoms with E-state index < -0.39 is 0 Å². The van der Waals surface area contributed by atoms with Crippen molar-refractivity contribution in [2.75, 3.05) is 6.54 Å². The Bertz CT molecular complexity index is 1600. The quantitative estimate of drug-likeness (QED) is 0.391. The molecule has 0 spiro atoms. The van der Waals surface area contributed by atoms with Gasteiger partial charge in [-0.2, -0.15) is 4.68 Å². The summed E-state index contributed by atoms with van der Waals surface area (Å²) in [6.45, 7) is 10.3. The van der Waals surface area contributed by atoms with E-state index in [0.29, 0.717) is 18.2 Å². The number of aryl methyl sites for hydroxylation is 1. The molecule has 38 heavy (non-hydrogen) atoms. The molecule has 0 atom stereocenters. The standard InChI is InChI=1S/C29H30N8O/c1-19(2)23-5-4-6-24-28(23)33-34-37(24)26-13-14-30-25(32-26)12-9-21-7-10-22(11-8-21)29(38)35-15-16-36-20(3)17-31-27(36)18-35/h4-6,13-14,17,21-22H,1,7-8,10-11,15-16,18H2,2-3H3. The van der Waals surface area contributed by atoms with Crippen LogP contribution in [0, 0.1) is 30.6 Å². The Kier molecular flexibility index (Phi) is 6.24. The zero-order valence-corrected chi connectivity index (χ0v) is 21.8.